The molecule has 0 unspecified atom stereocenters. The van der Waals surface area contributed by atoms with Gasteiger partial charge in [-0.25, -0.2) is 0 Å². The van der Waals surface area contributed by atoms with E-state index in [0.717, 1.165) is 43.9 Å². The summed E-state index contributed by atoms with van der Waals surface area (Å²) in [6.45, 7) is 2.43. The summed E-state index contributed by atoms with van der Waals surface area (Å²) in [6.07, 6.45) is 4.40. The van der Waals surface area contributed by atoms with Crippen molar-refractivity contribution in [1.82, 2.24) is 9.80 Å². The first-order chi connectivity index (χ1) is 7.77. The molecular weight excluding hydrogens is 224 g/mol. The second-order valence-electron chi connectivity index (χ2n) is 4.72. The van der Waals surface area contributed by atoms with Crippen molar-refractivity contribution in [1.29, 1.82) is 0 Å². The first kappa shape index (κ1) is 10.5. The van der Waals surface area contributed by atoms with Crippen LogP contribution >= 0.6 is 12.2 Å². The van der Waals surface area contributed by atoms with Crippen LogP contribution in [0.5, 0.6) is 0 Å². The highest BCUT2D eigenvalue weighted by molar-refractivity contribution is 7.80. The molecule has 16 heavy (non-hydrogen) atoms. The van der Waals surface area contributed by atoms with Crippen LogP contribution in [0.1, 0.15) is 25.7 Å². The van der Waals surface area contributed by atoms with Crippen LogP contribution < -0.4 is 0 Å². The fourth-order valence-electron chi connectivity index (χ4n) is 2.84. The van der Waals surface area contributed by atoms with E-state index in [2.05, 4.69) is 4.90 Å². The maximum absolute atomic E-state index is 12.1. The van der Waals surface area contributed by atoms with Crippen molar-refractivity contribution in [2.75, 3.05) is 19.7 Å². The van der Waals surface area contributed by atoms with Crippen molar-refractivity contribution in [2.24, 2.45) is 0 Å². The second-order valence-corrected chi connectivity index (χ2v) is 5.08. The number of hydrogen-bond donors (Lipinski definition) is 0. The Kier molecular flexibility index (Phi) is 2.59. The average molecular weight is 240 g/mol. The van der Waals surface area contributed by atoms with Crippen LogP contribution in [0.3, 0.4) is 0 Å². The van der Waals surface area contributed by atoms with E-state index in [1.165, 1.54) is 0 Å². The molecule has 3 saturated heterocycles. The third-order valence-corrected chi connectivity index (χ3v) is 4.15. The van der Waals surface area contributed by atoms with E-state index >= 15 is 0 Å². The predicted molar refractivity (Wildman–Crippen MR) is 63.0 cm³/mol. The van der Waals surface area contributed by atoms with Gasteiger partial charge in [-0.2, -0.15) is 0 Å². The number of fused-ring (bicyclic) bond motifs is 1. The maximum atomic E-state index is 12.1. The molecule has 2 atom stereocenters. The Morgan fingerprint density at radius 2 is 2.25 bits per heavy atom. The largest absolute Gasteiger partial charge is 0.376 e. The van der Waals surface area contributed by atoms with Gasteiger partial charge in [-0.05, 0) is 37.9 Å². The molecule has 4 nitrogen and oxygen atoms in total. The van der Waals surface area contributed by atoms with Crippen LogP contribution in [-0.4, -0.2) is 52.7 Å². The predicted octanol–water partition coefficient (Wildman–Crippen LogP) is 0.757. The lowest BCUT2D eigenvalue weighted by molar-refractivity contribution is -0.128. The molecule has 0 aromatic heterocycles. The van der Waals surface area contributed by atoms with E-state index in [0.29, 0.717) is 6.54 Å². The molecule has 3 aliphatic heterocycles. The van der Waals surface area contributed by atoms with Gasteiger partial charge in [0.15, 0.2) is 5.11 Å². The summed E-state index contributed by atoms with van der Waals surface area (Å²) < 4.78 is 5.56. The molecular formula is C11H16N2O2S. The van der Waals surface area contributed by atoms with Gasteiger partial charge in [0.2, 0.25) is 0 Å². The number of hydrogen-bond acceptors (Lipinski definition) is 3. The standard InChI is InChI=1S/C11H16N2O2S/c14-10-9-4-1-5-12(9)11(16)13(10)7-8-3-2-6-15-8/h8-9H,1-7H2/t8-,9-/m0/s1. The molecule has 3 fully saturated rings. The van der Waals surface area contributed by atoms with Gasteiger partial charge >= 0.3 is 0 Å². The number of nitrogens with zero attached hydrogens (tertiary/aromatic N) is 2. The molecule has 0 aromatic carbocycles. The molecule has 0 radical (unpaired) electrons. The van der Waals surface area contributed by atoms with E-state index in [4.69, 9.17) is 17.0 Å². The third kappa shape index (κ3) is 1.53. The van der Waals surface area contributed by atoms with Crippen LogP contribution in [0.25, 0.3) is 0 Å². The first-order valence-corrected chi connectivity index (χ1v) is 6.42. The summed E-state index contributed by atoms with van der Waals surface area (Å²) in [5.41, 5.74) is 0. The van der Waals surface area contributed by atoms with Crippen LogP contribution in [0, 0.1) is 0 Å². The summed E-state index contributed by atoms with van der Waals surface area (Å²) in [6, 6.07) is 0.0360. The molecule has 1 amide bonds. The number of carbonyl (C=O) groups is 1. The van der Waals surface area contributed by atoms with Gasteiger partial charge in [0, 0.05) is 13.2 Å². The molecule has 0 saturated carbocycles. The second kappa shape index (κ2) is 3.96. The van der Waals surface area contributed by atoms with E-state index in [-0.39, 0.29) is 18.1 Å². The van der Waals surface area contributed by atoms with E-state index in [9.17, 15) is 4.79 Å². The molecule has 3 aliphatic rings. The highest BCUT2D eigenvalue weighted by Crippen LogP contribution is 2.28. The summed E-state index contributed by atoms with van der Waals surface area (Å²) in [7, 11) is 0. The first-order valence-electron chi connectivity index (χ1n) is 6.01. The molecule has 0 aromatic rings. The number of carbonyl (C=O) groups excluding carboxylic acids is 1. The van der Waals surface area contributed by atoms with Crippen LogP contribution in [0.2, 0.25) is 0 Å². The Morgan fingerprint density at radius 3 is 2.94 bits per heavy atom. The fourth-order valence-corrected chi connectivity index (χ4v) is 3.22. The summed E-state index contributed by atoms with van der Waals surface area (Å²) >= 11 is 5.37. The van der Waals surface area contributed by atoms with Crippen LogP contribution in [-0.2, 0) is 9.53 Å². The van der Waals surface area contributed by atoms with Crippen molar-refractivity contribution in [3.8, 4) is 0 Å². The Balaban J connectivity index is 1.71. The van der Waals surface area contributed by atoms with E-state index in [1.807, 2.05) is 0 Å². The molecule has 0 N–H and O–H groups in total. The summed E-state index contributed by atoms with van der Waals surface area (Å²) in [5.74, 6) is 0.193. The minimum atomic E-state index is 0.0360. The number of thiocarbonyl (C=S) groups is 1. The van der Waals surface area contributed by atoms with Gasteiger partial charge in [-0.15, -0.1) is 0 Å². The molecule has 0 aliphatic carbocycles. The lowest BCUT2D eigenvalue weighted by atomic mass is 10.2. The third-order valence-electron chi connectivity index (χ3n) is 3.69. The van der Waals surface area contributed by atoms with Gasteiger partial charge in [-0.3, -0.25) is 9.69 Å². The van der Waals surface area contributed by atoms with Crippen LogP contribution in [0.15, 0.2) is 0 Å². The fraction of sp³-hybridized carbons (Fsp3) is 0.818. The maximum Gasteiger partial charge on any atom is 0.251 e. The Labute approximate surface area is 101 Å². The quantitative estimate of drug-likeness (QED) is 0.667. The highest BCUT2D eigenvalue weighted by atomic mass is 32.1. The lowest BCUT2D eigenvalue weighted by Gasteiger charge is -2.21. The Bertz CT molecular complexity index is 306. The Hall–Kier alpha value is -0.680. The number of ether oxygens (including phenoxy) is 1. The molecule has 3 heterocycles. The minimum absolute atomic E-state index is 0.0360. The van der Waals surface area contributed by atoms with Crippen molar-refractivity contribution in [3.05, 3.63) is 0 Å². The van der Waals surface area contributed by atoms with Gasteiger partial charge in [0.25, 0.3) is 5.91 Å². The van der Waals surface area contributed by atoms with E-state index in [1.54, 1.807) is 4.90 Å². The normalized spacial score (nSPS) is 34.0. The minimum Gasteiger partial charge on any atom is -0.376 e. The summed E-state index contributed by atoms with van der Waals surface area (Å²) in [5, 5.41) is 0.725. The SMILES string of the molecule is O=C1[C@@H]2CCCN2C(=S)N1C[C@@H]1CCCO1. The zero-order valence-corrected chi connectivity index (χ0v) is 10.0. The van der Waals surface area contributed by atoms with Crippen molar-refractivity contribution >= 4 is 23.2 Å². The molecule has 5 heteroatoms. The van der Waals surface area contributed by atoms with Gasteiger partial charge in [0.1, 0.15) is 6.04 Å². The number of rotatable bonds is 2. The molecule has 0 spiro atoms. The van der Waals surface area contributed by atoms with Crippen LogP contribution in [0.4, 0.5) is 0 Å². The van der Waals surface area contributed by atoms with Crippen molar-refractivity contribution in [3.63, 3.8) is 0 Å². The zero-order valence-electron chi connectivity index (χ0n) is 9.22. The Morgan fingerprint density at radius 1 is 1.38 bits per heavy atom. The van der Waals surface area contributed by atoms with Gasteiger partial charge in [0.05, 0.1) is 12.6 Å². The molecule has 0 bridgehead atoms. The van der Waals surface area contributed by atoms with Gasteiger partial charge in [-0.1, -0.05) is 0 Å². The monoisotopic (exact) mass is 240 g/mol. The smallest absolute Gasteiger partial charge is 0.251 e. The number of amides is 1. The van der Waals surface area contributed by atoms with Gasteiger partial charge < -0.3 is 9.64 Å². The topological polar surface area (TPSA) is 32.8 Å². The van der Waals surface area contributed by atoms with Crippen molar-refractivity contribution in [2.45, 2.75) is 37.8 Å². The molecule has 3 rings (SSSR count). The lowest BCUT2D eigenvalue weighted by Crippen LogP contribution is -2.38. The average Bonchev–Trinajstić information content (AvgIpc) is 2.97. The molecule has 88 valence electrons. The highest BCUT2D eigenvalue weighted by Gasteiger charge is 2.45. The van der Waals surface area contributed by atoms with E-state index < -0.39 is 0 Å². The zero-order chi connectivity index (χ0) is 11.1. The van der Waals surface area contributed by atoms with Crippen molar-refractivity contribution < 1.29 is 9.53 Å². The summed E-state index contributed by atoms with van der Waals surface area (Å²) in [4.78, 5) is 16.0.